The number of carbonyl (C=O) groups is 1. The van der Waals surface area contributed by atoms with E-state index in [0.29, 0.717) is 30.2 Å². The molecule has 27 heavy (non-hydrogen) atoms. The van der Waals surface area contributed by atoms with Gasteiger partial charge >= 0.3 is 0 Å². The number of hydrogen-bond acceptors (Lipinski definition) is 5. The van der Waals surface area contributed by atoms with E-state index >= 15 is 0 Å². The van der Waals surface area contributed by atoms with Crippen LogP contribution in [0.2, 0.25) is 0 Å². The minimum Gasteiger partial charge on any atom is -0.496 e. The summed E-state index contributed by atoms with van der Waals surface area (Å²) < 4.78 is 37.3. The lowest BCUT2D eigenvalue weighted by atomic mass is 10.2. The predicted octanol–water partition coefficient (Wildman–Crippen LogP) is 2.99. The largest absolute Gasteiger partial charge is 0.496 e. The van der Waals surface area contributed by atoms with Crippen LogP contribution in [0.1, 0.15) is 24.2 Å². The first-order valence-electron chi connectivity index (χ1n) is 8.51. The zero-order valence-electron chi connectivity index (χ0n) is 15.9. The molecule has 0 heterocycles. The Morgan fingerprint density at radius 2 is 1.63 bits per heavy atom. The highest BCUT2D eigenvalue weighted by Gasteiger charge is 2.23. The summed E-state index contributed by atoms with van der Waals surface area (Å²) in [5, 5.41) is 2.71. The number of para-hydroxylation sites is 1. The molecule has 0 aliphatic rings. The Balaban J connectivity index is 2.43. The van der Waals surface area contributed by atoms with E-state index in [-0.39, 0.29) is 10.6 Å². The van der Waals surface area contributed by atoms with Gasteiger partial charge in [0, 0.05) is 13.1 Å². The summed E-state index contributed by atoms with van der Waals surface area (Å²) in [6, 6.07) is 11.2. The number of nitrogens with zero attached hydrogens (tertiary/aromatic N) is 1. The number of ether oxygens (including phenoxy) is 2. The van der Waals surface area contributed by atoms with Gasteiger partial charge in [0.2, 0.25) is 10.0 Å². The van der Waals surface area contributed by atoms with Gasteiger partial charge < -0.3 is 14.8 Å². The molecule has 0 saturated heterocycles. The molecule has 2 aromatic carbocycles. The van der Waals surface area contributed by atoms with Crippen LogP contribution in [0, 0.1) is 0 Å². The Labute approximate surface area is 160 Å². The summed E-state index contributed by atoms with van der Waals surface area (Å²) in [5.74, 6) is 0.348. The number of carbonyl (C=O) groups excluding carboxylic acids is 1. The van der Waals surface area contributed by atoms with Crippen molar-refractivity contribution in [2.45, 2.75) is 18.7 Å². The number of hydrogen-bond donors (Lipinski definition) is 1. The average Bonchev–Trinajstić information content (AvgIpc) is 2.68. The molecule has 1 N–H and O–H groups in total. The van der Waals surface area contributed by atoms with E-state index in [1.54, 1.807) is 38.1 Å². The Bertz CT molecular complexity index is 908. The molecule has 2 rings (SSSR count). The third kappa shape index (κ3) is 4.40. The van der Waals surface area contributed by atoms with Crippen molar-refractivity contribution in [3.8, 4) is 11.5 Å². The minimum absolute atomic E-state index is 0.0855. The molecule has 0 saturated carbocycles. The maximum atomic E-state index is 12.8. The highest BCUT2D eigenvalue weighted by atomic mass is 32.2. The Morgan fingerprint density at radius 1 is 1.00 bits per heavy atom. The molecule has 8 heteroatoms. The monoisotopic (exact) mass is 392 g/mol. The van der Waals surface area contributed by atoms with Crippen LogP contribution in [0.5, 0.6) is 11.5 Å². The smallest absolute Gasteiger partial charge is 0.259 e. The van der Waals surface area contributed by atoms with Crippen molar-refractivity contribution in [1.29, 1.82) is 0 Å². The molecule has 7 nitrogen and oxygen atoms in total. The van der Waals surface area contributed by atoms with Crippen LogP contribution in [0.15, 0.2) is 47.4 Å². The van der Waals surface area contributed by atoms with Crippen LogP contribution in [-0.2, 0) is 10.0 Å². The van der Waals surface area contributed by atoms with E-state index in [1.807, 2.05) is 0 Å². The van der Waals surface area contributed by atoms with E-state index in [2.05, 4.69) is 5.32 Å². The van der Waals surface area contributed by atoms with Gasteiger partial charge in [0.15, 0.2) is 0 Å². The lowest BCUT2D eigenvalue weighted by Crippen LogP contribution is -2.30. The highest BCUT2D eigenvalue weighted by molar-refractivity contribution is 7.89. The predicted molar refractivity (Wildman–Crippen MR) is 104 cm³/mol. The standard InChI is InChI=1S/C19H24N2O5S/c1-5-21(6-2)27(23,24)14-11-12-18(26-4)16(13-14)20-19(22)15-9-7-8-10-17(15)25-3/h7-13H,5-6H2,1-4H3,(H,20,22). The Hall–Kier alpha value is -2.58. The molecule has 0 spiro atoms. The first-order chi connectivity index (χ1) is 12.9. The molecule has 1 amide bonds. The van der Waals surface area contributed by atoms with Crippen LogP contribution >= 0.6 is 0 Å². The third-order valence-electron chi connectivity index (χ3n) is 4.11. The zero-order valence-corrected chi connectivity index (χ0v) is 16.7. The first-order valence-corrected chi connectivity index (χ1v) is 9.95. The van der Waals surface area contributed by atoms with Crippen LogP contribution in [0.4, 0.5) is 5.69 Å². The SMILES string of the molecule is CCN(CC)S(=O)(=O)c1ccc(OC)c(NC(=O)c2ccccc2OC)c1. The van der Waals surface area contributed by atoms with Crippen LogP contribution < -0.4 is 14.8 Å². The van der Waals surface area contributed by atoms with Crippen molar-refractivity contribution >= 4 is 21.6 Å². The molecule has 2 aromatic rings. The first kappa shape index (κ1) is 20.7. The fourth-order valence-corrected chi connectivity index (χ4v) is 4.16. The normalized spacial score (nSPS) is 11.3. The van der Waals surface area contributed by atoms with E-state index in [1.165, 1.54) is 36.7 Å². The number of sulfonamides is 1. The van der Waals surface area contributed by atoms with Gasteiger partial charge in [0.05, 0.1) is 30.4 Å². The topological polar surface area (TPSA) is 84.9 Å². The number of benzene rings is 2. The minimum atomic E-state index is -3.66. The lowest BCUT2D eigenvalue weighted by molar-refractivity contribution is 0.102. The van der Waals surface area contributed by atoms with Crippen molar-refractivity contribution in [1.82, 2.24) is 4.31 Å². The molecular formula is C19H24N2O5S. The van der Waals surface area contributed by atoms with Crippen molar-refractivity contribution in [2.24, 2.45) is 0 Å². The summed E-state index contributed by atoms with van der Waals surface area (Å²) in [4.78, 5) is 12.7. The second-order valence-electron chi connectivity index (χ2n) is 5.61. The number of methoxy groups -OCH3 is 2. The zero-order chi connectivity index (χ0) is 20.0. The molecular weight excluding hydrogens is 368 g/mol. The molecule has 0 aliphatic carbocycles. The molecule has 0 bridgehead atoms. The summed E-state index contributed by atoms with van der Waals surface area (Å²) in [7, 11) is -0.733. The van der Waals surface area contributed by atoms with Crippen molar-refractivity contribution < 1.29 is 22.7 Å². The molecule has 0 atom stereocenters. The van der Waals surface area contributed by atoms with E-state index in [9.17, 15) is 13.2 Å². The number of amides is 1. The summed E-state index contributed by atoms with van der Waals surface area (Å²) >= 11 is 0. The lowest BCUT2D eigenvalue weighted by Gasteiger charge is -2.19. The van der Waals surface area contributed by atoms with Crippen LogP contribution in [0.3, 0.4) is 0 Å². The van der Waals surface area contributed by atoms with Gasteiger partial charge in [-0.25, -0.2) is 8.42 Å². The van der Waals surface area contributed by atoms with E-state index in [0.717, 1.165) is 0 Å². The van der Waals surface area contributed by atoms with Gasteiger partial charge in [-0.3, -0.25) is 4.79 Å². The molecule has 146 valence electrons. The molecule has 0 fully saturated rings. The maximum absolute atomic E-state index is 12.8. The van der Waals surface area contributed by atoms with Gasteiger partial charge in [0.25, 0.3) is 5.91 Å². The van der Waals surface area contributed by atoms with Gasteiger partial charge in [-0.15, -0.1) is 0 Å². The van der Waals surface area contributed by atoms with Gasteiger partial charge in [-0.1, -0.05) is 26.0 Å². The third-order valence-corrected chi connectivity index (χ3v) is 6.16. The van der Waals surface area contributed by atoms with Gasteiger partial charge in [0.1, 0.15) is 11.5 Å². The maximum Gasteiger partial charge on any atom is 0.259 e. The highest BCUT2D eigenvalue weighted by Crippen LogP contribution is 2.30. The quantitative estimate of drug-likeness (QED) is 0.746. The van der Waals surface area contributed by atoms with E-state index < -0.39 is 15.9 Å². The molecule has 0 aliphatic heterocycles. The summed E-state index contributed by atoms with van der Waals surface area (Å²) in [5.41, 5.74) is 0.598. The van der Waals surface area contributed by atoms with Gasteiger partial charge in [-0.05, 0) is 30.3 Å². The summed E-state index contributed by atoms with van der Waals surface area (Å²) in [6.07, 6.45) is 0. The number of anilines is 1. The molecule has 0 unspecified atom stereocenters. The van der Waals surface area contributed by atoms with Crippen LogP contribution in [0.25, 0.3) is 0 Å². The average molecular weight is 392 g/mol. The fraction of sp³-hybridized carbons (Fsp3) is 0.316. The van der Waals surface area contributed by atoms with Crippen LogP contribution in [-0.4, -0.2) is 45.9 Å². The second-order valence-corrected chi connectivity index (χ2v) is 7.54. The van der Waals surface area contributed by atoms with Crippen molar-refractivity contribution in [3.63, 3.8) is 0 Å². The number of rotatable bonds is 8. The fourth-order valence-electron chi connectivity index (χ4n) is 2.68. The van der Waals surface area contributed by atoms with Crippen molar-refractivity contribution in [2.75, 3.05) is 32.6 Å². The molecule has 0 aromatic heterocycles. The second kappa shape index (κ2) is 8.88. The molecule has 0 radical (unpaired) electrons. The van der Waals surface area contributed by atoms with Gasteiger partial charge in [-0.2, -0.15) is 4.31 Å². The van der Waals surface area contributed by atoms with E-state index in [4.69, 9.17) is 9.47 Å². The summed E-state index contributed by atoms with van der Waals surface area (Å²) in [6.45, 7) is 4.26. The van der Waals surface area contributed by atoms with Crippen molar-refractivity contribution in [3.05, 3.63) is 48.0 Å². The Kier molecular flexibility index (Phi) is 6.81. The number of nitrogens with one attached hydrogen (secondary N) is 1. The Morgan fingerprint density at radius 3 is 2.22 bits per heavy atom.